The first-order valence-electron chi connectivity index (χ1n) is 13.4. The van der Waals surface area contributed by atoms with Gasteiger partial charge in [0.05, 0.1) is 18.6 Å². The fourth-order valence-corrected chi connectivity index (χ4v) is 6.04. The summed E-state index contributed by atoms with van der Waals surface area (Å²) >= 11 is 0. The first-order valence-corrected chi connectivity index (χ1v) is 13.4. The summed E-state index contributed by atoms with van der Waals surface area (Å²) < 4.78 is 12.1. The molecule has 0 aliphatic carbocycles. The number of amides is 2. The van der Waals surface area contributed by atoms with Gasteiger partial charge in [0.2, 0.25) is 11.8 Å². The molecule has 0 aromatic heterocycles. The van der Waals surface area contributed by atoms with Crippen molar-refractivity contribution >= 4 is 17.8 Å². The van der Waals surface area contributed by atoms with E-state index in [1.807, 2.05) is 29.2 Å². The number of rotatable bonds is 10. The van der Waals surface area contributed by atoms with Crippen molar-refractivity contribution in [3.63, 3.8) is 0 Å². The number of hydrogen-bond acceptors (Lipinski definition) is 6. The first-order chi connectivity index (χ1) is 17.0. The first kappa shape index (κ1) is 25.9. The van der Waals surface area contributed by atoms with E-state index in [-0.39, 0.29) is 18.4 Å². The minimum atomic E-state index is -1.17. The molecule has 1 unspecified atom stereocenters. The van der Waals surface area contributed by atoms with Gasteiger partial charge in [-0.1, -0.05) is 56.9 Å². The molecule has 0 saturated carbocycles. The molecule has 0 bridgehead atoms. The highest BCUT2D eigenvalue weighted by Crippen LogP contribution is 2.53. The zero-order chi connectivity index (χ0) is 24.8. The Bertz CT molecular complexity index is 842. The Morgan fingerprint density at radius 3 is 2.63 bits per heavy atom. The highest BCUT2D eigenvalue weighted by atomic mass is 16.6. The molecule has 1 N–H and O–H groups in total. The van der Waals surface area contributed by atoms with Crippen molar-refractivity contribution in [3.05, 3.63) is 24.3 Å². The molecule has 0 aromatic carbocycles. The average molecular weight is 489 g/mol. The lowest BCUT2D eigenvalue weighted by molar-refractivity contribution is -0.154. The van der Waals surface area contributed by atoms with Crippen LogP contribution < -0.4 is 0 Å². The van der Waals surface area contributed by atoms with Gasteiger partial charge in [-0.2, -0.15) is 0 Å². The summed E-state index contributed by atoms with van der Waals surface area (Å²) in [5.74, 6) is -2.24. The molecule has 8 heteroatoms. The molecule has 4 aliphatic heterocycles. The number of unbranched alkanes of at least 4 members (excludes halogenated alkanes) is 5. The average Bonchev–Trinajstić information content (AvgIpc) is 3.25. The van der Waals surface area contributed by atoms with Gasteiger partial charge in [0.25, 0.3) is 0 Å². The molecular formula is C27H40N2O6. The second-order valence-corrected chi connectivity index (χ2v) is 10.1. The number of aliphatic hydroxyl groups is 1. The molecule has 8 nitrogen and oxygen atoms in total. The number of aliphatic hydroxyl groups excluding tert-OH is 1. The summed E-state index contributed by atoms with van der Waals surface area (Å²) in [4.78, 5) is 44.6. The van der Waals surface area contributed by atoms with Crippen molar-refractivity contribution in [2.75, 3.05) is 32.8 Å². The van der Waals surface area contributed by atoms with E-state index in [2.05, 4.69) is 6.92 Å². The van der Waals surface area contributed by atoms with Crippen LogP contribution in [0.4, 0.5) is 0 Å². The van der Waals surface area contributed by atoms with Gasteiger partial charge in [-0.25, -0.2) is 0 Å². The van der Waals surface area contributed by atoms with Crippen LogP contribution in [-0.4, -0.2) is 83.3 Å². The van der Waals surface area contributed by atoms with Crippen molar-refractivity contribution in [2.24, 2.45) is 11.8 Å². The van der Waals surface area contributed by atoms with Gasteiger partial charge < -0.3 is 24.4 Å². The van der Waals surface area contributed by atoms with Gasteiger partial charge in [-0.3, -0.25) is 14.4 Å². The third kappa shape index (κ3) is 5.05. The summed E-state index contributed by atoms with van der Waals surface area (Å²) in [5.41, 5.74) is -1.17. The minimum absolute atomic E-state index is 0.0962. The third-order valence-corrected chi connectivity index (χ3v) is 7.77. The molecule has 194 valence electrons. The molecule has 4 rings (SSSR count). The number of nitrogens with zero attached hydrogens (tertiary/aromatic N) is 2. The van der Waals surface area contributed by atoms with Crippen LogP contribution >= 0.6 is 0 Å². The quantitative estimate of drug-likeness (QED) is 0.289. The summed E-state index contributed by atoms with van der Waals surface area (Å²) in [6.07, 6.45) is 14.8. The smallest absolute Gasteiger partial charge is 0.312 e. The molecule has 5 atom stereocenters. The molecule has 2 fully saturated rings. The molecule has 1 spiro atoms. The van der Waals surface area contributed by atoms with E-state index in [0.717, 1.165) is 57.8 Å². The number of cyclic esters (lactones) is 1. The second-order valence-electron chi connectivity index (χ2n) is 10.1. The molecular weight excluding hydrogens is 448 g/mol. The van der Waals surface area contributed by atoms with E-state index < -0.39 is 35.6 Å². The largest absolute Gasteiger partial charge is 0.465 e. The molecule has 2 amide bonds. The molecule has 2 saturated heterocycles. The van der Waals surface area contributed by atoms with E-state index in [1.54, 1.807) is 4.90 Å². The SMILES string of the molecule is CCCCCN1CC=C[C@]23O[C@@H]4/C=C\CCCOC(=O)[C@@H]4[C@H]2C(=O)N(CCCCCCO)C3C1=O. The van der Waals surface area contributed by atoms with E-state index in [9.17, 15) is 14.4 Å². The predicted octanol–water partition coefficient (Wildman–Crippen LogP) is 2.60. The third-order valence-electron chi connectivity index (χ3n) is 7.77. The van der Waals surface area contributed by atoms with Crippen molar-refractivity contribution < 1.29 is 29.0 Å². The standard InChI is InChI=1S/C27H40N2O6/c1-2-3-8-15-28-16-12-14-27-22(21-20(35-27)13-7-6-11-19-34-26(21)33)24(31)29(23(27)25(28)32)17-9-4-5-10-18-30/h7,12-14,20-23,30H,2-6,8-11,15-19H2,1H3/b13-7-/t20-,21+,22+,23?,27+/m1/s1. The van der Waals surface area contributed by atoms with Crippen LogP contribution in [0.3, 0.4) is 0 Å². The van der Waals surface area contributed by atoms with Crippen molar-refractivity contribution in [2.45, 2.75) is 82.5 Å². The Kier molecular flexibility index (Phi) is 8.65. The Labute approximate surface area is 208 Å². The molecule has 0 radical (unpaired) electrons. The normalized spacial score (nSPS) is 33.4. The van der Waals surface area contributed by atoms with Crippen LogP contribution in [-0.2, 0) is 23.9 Å². The van der Waals surface area contributed by atoms with Crippen LogP contribution in [0.1, 0.15) is 64.7 Å². The number of fused-ring (bicyclic) bond motifs is 2. The Morgan fingerprint density at radius 2 is 1.83 bits per heavy atom. The fourth-order valence-electron chi connectivity index (χ4n) is 6.04. The van der Waals surface area contributed by atoms with Gasteiger partial charge in [0, 0.05) is 26.2 Å². The van der Waals surface area contributed by atoms with Crippen LogP contribution in [0, 0.1) is 11.8 Å². The summed E-state index contributed by atoms with van der Waals surface area (Å²) in [6, 6.07) is -0.783. The Morgan fingerprint density at radius 1 is 1.03 bits per heavy atom. The highest BCUT2D eigenvalue weighted by Gasteiger charge is 2.71. The van der Waals surface area contributed by atoms with Gasteiger partial charge in [-0.15, -0.1) is 0 Å². The topological polar surface area (TPSA) is 96.4 Å². The molecule has 4 aliphatic rings. The number of allylic oxidation sites excluding steroid dienone is 1. The van der Waals surface area contributed by atoms with Crippen LogP contribution in [0.15, 0.2) is 24.3 Å². The zero-order valence-electron chi connectivity index (χ0n) is 20.9. The lowest BCUT2D eigenvalue weighted by atomic mass is 9.78. The zero-order valence-corrected chi connectivity index (χ0v) is 20.9. The van der Waals surface area contributed by atoms with Crippen molar-refractivity contribution in [1.29, 1.82) is 0 Å². The Hall–Kier alpha value is -2.19. The number of carbonyl (C=O) groups excluding carboxylic acids is 3. The summed E-state index contributed by atoms with van der Waals surface area (Å²) in [7, 11) is 0. The van der Waals surface area contributed by atoms with Crippen LogP contribution in [0.2, 0.25) is 0 Å². The number of hydrogen-bond donors (Lipinski definition) is 1. The Balaban J connectivity index is 1.66. The van der Waals surface area contributed by atoms with E-state index in [0.29, 0.717) is 26.2 Å². The van der Waals surface area contributed by atoms with E-state index in [1.165, 1.54) is 0 Å². The van der Waals surface area contributed by atoms with Gasteiger partial charge >= 0.3 is 5.97 Å². The van der Waals surface area contributed by atoms with Gasteiger partial charge in [-0.05, 0) is 32.1 Å². The van der Waals surface area contributed by atoms with E-state index in [4.69, 9.17) is 14.6 Å². The second kappa shape index (κ2) is 11.7. The number of carbonyl (C=O) groups is 3. The van der Waals surface area contributed by atoms with Crippen molar-refractivity contribution in [1.82, 2.24) is 9.80 Å². The lowest BCUT2D eigenvalue weighted by Gasteiger charge is -2.35. The minimum Gasteiger partial charge on any atom is -0.465 e. The fraction of sp³-hybridized carbons (Fsp3) is 0.741. The van der Waals surface area contributed by atoms with Gasteiger partial charge in [0.1, 0.15) is 17.6 Å². The number of ether oxygens (including phenoxy) is 2. The van der Waals surface area contributed by atoms with Crippen LogP contribution in [0.5, 0.6) is 0 Å². The molecule has 4 heterocycles. The van der Waals surface area contributed by atoms with E-state index >= 15 is 0 Å². The monoisotopic (exact) mass is 488 g/mol. The summed E-state index contributed by atoms with van der Waals surface area (Å²) in [6.45, 7) is 4.15. The predicted molar refractivity (Wildman–Crippen MR) is 130 cm³/mol. The lowest BCUT2D eigenvalue weighted by Crippen LogP contribution is -2.55. The maximum Gasteiger partial charge on any atom is 0.312 e. The molecule has 35 heavy (non-hydrogen) atoms. The maximum atomic E-state index is 14.0. The van der Waals surface area contributed by atoms with Crippen molar-refractivity contribution in [3.8, 4) is 0 Å². The molecule has 0 aromatic rings. The number of likely N-dealkylation sites (tertiary alicyclic amines) is 1. The number of esters is 1. The highest BCUT2D eigenvalue weighted by molar-refractivity contribution is 5.99. The van der Waals surface area contributed by atoms with Gasteiger partial charge in [0.15, 0.2) is 0 Å². The van der Waals surface area contributed by atoms with Crippen LogP contribution in [0.25, 0.3) is 0 Å². The maximum absolute atomic E-state index is 14.0. The summed E-state index contributed by atoms with van der Waals surface area (Å²) in [5, 5.41) is 9.08.